The molecule has 0 radical (unpaired) electrons. The lowest BCUT2D eigenvalue weighted by atomic mass is 9.97. The zero-order valence-electron chi connectivity index (χ0n) is 12.7. The number of fused-ring (bicyclic) bond motifs is 1. The first-order chi connectivity index (χ1) is 11.7. The molecule has 0 amide bonds. The normalized spacial score (nSPS) is 16.3. The Labute approximate surface area is 141 Å². The molecule has 120 valence electrons. The molecule has 1 aliphatic heterocycles. The maximum Gasteiger partial charge on any atom is 0.288 e. The predicted molar refractivity (Wildman–Crippen MR) is 92.9 cm³/mol. The lowest BCUT2D eigenvalue weighted by Gasteiger charge is -2.20. The highest BCUT2D eigenvalue weighted by Crippen LogP contribution is 2.37. The summed E-state index contributed by atoms with van der Waals surface area (Å²) >= 11 is -1.60. The molecule has 4 rings (SSSR count). The highest BCUT2D eigenvalue weighted by molar-refractivity contribution is 7.78. The van der Waals surface area contributed by atoms with Crippen molar-refractivity contribution in [1.82, 2.24) is 4.72 Å². The van der Waals surface area contributed by atoms with Gasteiger partial charge in [-0.3, -0.25) is 0 Å². The van der Waals surface area contributed by atoms with Crippen molar-refractivity contribution in [3.05, 3.63) is 78.1 Å². The second-order valence-electron chi connectivity index (χ2n) is 5.49. The van der Waals surface area contributed by atoms with Crippen LogP contribution in [0.25, 0.3) is 22.3 Å². The van der Waals surface area contributed by atoms with Gasteiger partial charge < -0.3 is 4.18 Å². The number of hydrogen-bond acceptors (Lipinski definition) is 2. The van der Waals surface area contributed by atoms with Crippen LogP contribution in [0.15, 0.2) is 66.7 Å². The number of hydrogen-bond donors (Lipinski definition) is 1. The van der Waals surface area contributed by atoms with Gasteiger partial charge in [0.2, 0.25) is 0 Å². The van der Waals surface area contributed by atoms with Crippen molar-refractivity contribution in [2.45, 2.75) is 6.54 Å². The third-order valence-corrected chi connectivity index (χ3v) is 4.70. The van der Waals surface area contributed by atoms with Crippen molar-refractivity contribution in [3.63, 3.8) is 0 Å². The number of nitrogens with one attached hydrogen (secondary N) is 1. The minimum Gasteiger partial charge on any atom is -0.388 e. The van der Waals surface area contributed by atoms with E-state index in [1.807, 2.05) is 48.5 Å². The van der Waals surface area contributed by atoms with Crippen LogP contribution in [-0.4, -0.2) is 4.21 Å². The average molecular weight is 339 g/mol. The van der Waals surface area contributed by atoms with E-state index in [0.717, 1.165) is 16.7 Å². The molecule has 0 saturated carbocycles. The zero-order valence-corrected chi connectivity index (χ0v) is 13.5. The molecular formula is C19H14FNO2S. The fraction of sp³-hybridized carbons (Fsp3) is 0.0526. The van der Waals surface area contributed by atoms with E-state index in [1.165, 1.54) is 6.07 Å². The van der Waals surface area contributed by atoms with Crippen molar-refractivity contribution in [2.24, 2.45) is 0 Å². The molecule has 3 aromatic rings. The van der Waals surface area contributed by atoms with Crippen molar-refractivity contribution in [1.29, 1.82) is 0 Å². The molecule has 0 aromatic heterocycles. The van der Waals surface area contributed by atoms with Gasteiger partial charge in [-0.2, -0.15) is 8.93 Å². The first-order valence-electron chi connectivity index (χ1n) is 7.53. The Bertz CT molecular complexity index is 928. The predicted octanol–water partition coefficient (Wildman–Crippen LogP) is 4.22. The monoisotopic (exact) mass is 339 g/mol. The first kappa shape index (κ1) is 15.1. The molecule has 0 spiro atoms. The topological polar surface area (TPSA) is 38.3 Å². The Balaban J connectivity index is 1.80. The minimum absolute atomic E-state index is 0.335. The molecule has 0 aliphatic carbocycles. The van der Waals surface area contributed by atoms with Crippen LogP contribution >= 0.6 is 0 Å². The summed E-state index contributed by atoms with van der Waals surface area (Å²) in [7, 11) is 0. The van der Waals surface area contributed by atoms with Gasteiger partial charge in [-0.25, -0.2) is 4.39 Å². The number of rotatable bonds is 2. The third kappa shape index (κ3) is 2.72. The summed E-state index contributed by atoms with van der Waals surface area (Å²) in [5, 5.41) is 0. The quantitative estimate of drug-likeness (QED) is 0.759. The number of para-hydroxylation sites is 1. The van der Waals surface area contributed by atoms with Gasteiger partial charge in [-0.15, -0.1) is 0 Å². The highest BCUT2D eigenvalue weighted by atomic mass is 32.2. The first-order valence-corrected chi connectivity index (χ1v) is 8.61. The third-order valence-electron chi connectivity index (χ3n) is 4.00. The Morgan fingerprint density at radius 2 is 1.75 bits per heavy atom. The van der Waals surface area contributed by atoms with Gasteiger partial charge in [0.1, 0.15) is 5.82 Å². The minimum atomic E-state index is -1.60. The van der Waals surface area contributed by atoms with Crippen LogP contribution in [0.2, 0.25) is 0 Å². The van der Waals surface area contributed by atoms with Crippen molar-refractivity contribution in [2.75, 3.05) is 0 Å². The number of benzene rings is 3. The van der Waals surface area contributed by atoms with E-state index in [2.05, 4.69) is 4.72 Å². The molecule has 1 atom stereocenters. The molecule has 24 heavy (non-hydrogen) atoms. The smallest absolute Gasteiger partial charge is 0.288 e. The van der Waals surface area contributed by atoms with Crippen molar-refractivity contribution in [3.8, 4) is 28.0 Å². The molecule has 3 nitrogen and oxygen atoms in total. The molecule has 1 aliphatic rings. The second-order valence-corrected chi connectivity index (χ2v) is 6.42. The Hall–Kier alpha value is -2.50. The summed E-state index contributed by atoms with van der Waals surface area (Å²) in [6.45, 7) is 0.430. The van der Waals surface area contributed by atoms with Crippen molar-refractivity contribution >= 4 is 11.3 Å². The van der Waals surface area contributed by atoms with Gasteiger partial charge in [0.15, 0.2) is 5.75 Å². The maximum atomic E-state index is 14.7. The lowest BCUT2D eigenvalue weighted by molar-refractivity contribution is 0.525. The molecule has 0 fully saturated rings. The second kappa shape index (κ2) is 6.19. The molecule has 0 saturated heterocycles. The van der Waals surface area contributed by atoms with Gasteiger partial charge in [-0.1, -0.05) is 60.7 Å². The van der Waals surface area contributed by atoms with Gasteiger partial charge >= 0.3 is 0 Å². The van der Waals surface area contributed by atoms with Crippen LogP contribution in [0, 0.1) is 5.82 Å². The average Bonchev–Trinajstić information content (AvgIpc) is 2.62. The van der Waals surface area contributed by atoms with Gasteiger partial charge in [-0.05, 0) is 17.2 Å². The molecule has 3 aromatic carbocycles. The molecule has 1 heterocycles. The summed E-state index contributed by atoms with van der Waals surface area (Å²) in [6.07, 6.45) is 0. The molecule has 1 unspecified atom stereocenters. The summed E-state index contributed by atoms with van der Waals surface area (Å²) < 4.78 is 34.5. The van der Waals surface area contributed by atoms with Gasteiger partial charge in [0.25, 0.3) is 11.3 Å². The van der Waals surface area contributed by atoms with Crippen LogP contribution in [0.3, 0.4) is 0 Å². The molecule has 5 heteroatoms. The SMILES string of the molecule is O=S1NCc2cccc(-c3ccc(-c4ccccc4)cc3F)c2O1. The number of halogens is 1. The summed E-state index contributed by atoms with van der Waals surface area (Å²) in [5.41, 5.74) is 3.68. The van der Waals surface area contributed by atoms with Crippen molar-refractivity contribution < 1.29 is 12.8 Å². The van der Waals surface area contributed by atoms with Crippen LogP contribution in [0.4, 0.5) is 4.39 Å². The summed E-state index contributed by atoms with van der Waals surface area (Å²) in [6, 6.07) is 20.3. The zero-order chi connectivity index (χ0) is 16.5. The van der Waals surface area contributed by atoms with Crippen LogP contribution in [0.1, 0.15) is 5.56 Å². The van der Waals surface area contributed by atoms with E-state index in [4.69, 9.17) is 4.18 Å². The van der Waals surface area contributed by atoms with E-state index >= 15 is 0 Å². The Morgan fingerprint density at radius 3 is 2.54 bits per heavy atom. The van der Waals surface area contributed by atoms with E-state index in [-0.39, 0.29) is 5.82 Å². The molecule has 1 N–H and O–H groups in total. The van der Waals surface area contributed by atoms with Crippen LogP contribution in [-0.2, 0) is 17.8 Å². The molecule has 0 bridgehead atoms. The summed E-state index contributed by atoms with van der Waals surface area (Å²) in [5.74, 6) is 0.138. The maximum absolute atomic E-state index is 14.7. The van der Waals surface area contributed by atoms with E-state index in [0.29, 0.717) is 23.4 Å². The largest absolute Gasteiger partial charge is 0.388 e. The lowest BCUT2D eigenvalue weighted by Crippen LogP contribution is -2.26. The van der Waals surface area contributed by atoms with E-state index in [1.54, 1.807) is 12.1 Å². The Morgan fingerprint density at radius 1 is 0.917 bits per heavy atom. The summed E-state index contributed by atoms with van der Waals surface area (Å²) in [4.78, 5) is 0. The Kier molecular flexibility index (Phi) is 3.88. The van der Waals surface area contributed by atoms with Crippen LogP contribution in [0.5, 0.6) is 5.75 Å². The molecular weight excluding hydrogens is 325 g/mol. The fourth-order valence-electron chi connectivity index (χ4n) is 2.82. The van der Waals surface area contributed by atoms with E-state index in [9.17, 15) is 8.60 Å². The van der Waals surface area contributed by atoms with E-state index < -0.39 is 11.3 Å². The van der Waals surface area contributed by atoms with Crippen LogP contribution < -0.4 is 8.91 Å². The van der Waals surface area contributed by atoms with Gasteiger partial charge in [0.05, 0.1) is 0 Å². The van der Waals surface area contributed by atoms with Gasteiger partial charge in [0, 0.05) is 23.2 Å². The fourth-order valence-corrected chi connectivity index (χ4v) is 3.50. The highest BCUT2D eigenvalue weighted by Gasteiger charge is 2.21. The standard InChI is InChI=1S/C19H14FNO2S/c20-18-11-14(13-5-2-1-3-6-13)9-10-16(18)17-8-4-7-15-12-21-24(22)23-19(15)17/h1-11,21H,12H2.